The molecule has 4 rings (SSSR count). The fourth-order valence-electron chi connectivity index (χ4n) is 2.65. The number of H-pyrrole nitrogens is 1. The second-order valence-corrected chi connectivity index (χ2v) is 5.70. The predicted octanol–water partition coefficient (Wildman–Crippen LogP) is 3.55. The van der Waals surface area contributed by atoms with Crippen LogP contribution in [0, 0.1) is 0 Å². The van der Waals surface area contributed by atoms with Crippen LogP contribution in [0.3, 0.4) is 0 Å². The zero-order valence-corrected chi connectivity index (χ0v) is 12.2. The molecule has 21 heavy (non-hydrogen) atoms. The van der Waals surface area contributed by atoms with Crippen molar-refractivity contribution in [3.8, 4) is 0 Å². The third-order valence-corrected chi connectivity index (χ3v) is 4.03. The third kappa shape index (κ3) is 1.74. The summed E-state index contributed by atoms with van der Waals surface area (Å²) in [6.45, 7) is 0. The lowest BCUT2D eigenvalue weighted by molar-refractivity contribution is 0.570. The number of aromatic nitrogens is 1. The molecule has 102 valence electrons. The molecule has 0 saturated carbocycles. The summed E-state index contributed by atoms with van der Waals surface area (Å²) in [6.07, 6.45) is 0. The second kappa shape index (κ2) is 4.30. The Hall–Kier alpha value is -2.40. The molecule has 4 aromatic rings. The summed E-state index contributed by atoms with van der Waals surface area (Å²) in [5.41, 5.74) is 0.225. The predicted molar refractivity (Wildman–Crippen MR) is 85.8 cm³/mol. The number of hydrogen-bond acceptors (Lipinski definition) is 3. The first-order valence-electron chi connectivity index (χ1n) is 6.32. The summed E-state index contributed by atoms with van der Waals surface area (Å²) in [5.74, 6) is 0. The average Bonchev–Trinajstić information content (AvgIpc) is 2.46. The molecule has 0 bridgehead atoms. The van der Waals surface area contributed by atoms with Crippen LogP contribution in [0.15, 0.2) is 60.9 Å². The first kappa shape index (κ1) is 12.3. The Morgan fingerprint density at radius 3 is 2.62 bits per heavy atom. The van der Waals surface area contributed by atoms with Gasteiger partial charge in [0.1, 0.15) is 5.58 Å². The Labute approximate surface area is 126 Å². The van der Waals surface area contributed by atoms with E-state index >= 15 is 0 Å². The Morgan fingerprint density at radius 2 is 1.76 bits per heavy atom. The minimum atomic E-state index is -0.498. The lowest BCUT2D eigenvalue weighted by Crippen LogP contribution is -2.12. The minimum absolute atomic E-state index is 0.292. The maximum Gasteiger partial charge on any atom is 0.345 e. The zero-order valence-electron chi connectivity index (χ0n) is 10.6. The van der Waals surface area contributed by atoms with Gasteiger partial charge >= 0.3 is 5.63 Å². The molecule has 0 unspecified atom stereocenters. The van der Waals surface area contributed by atoms with E-state index in [4.69, 9.17) is 4.42 Å². The number of benzene rings is 2. The summed E-state index contributed by atoms with van der Waals surface area (Å²) >= 11 is 3.36. The van der Waals surface area contributed by atoms with Crippen molar-refractivity contribution in [1.82, 2.24) is 4.98 Å². The van der Waals surface area contributed by atoms with Crippen molar-refractivity contribution < 1.29 is 4.42 Å². The molecule has 4 nitrogen and oxygen atoms in total. The molecule has 0 amide bonds. The molecule has 0 atom stereocenters. The van der Waals surface area contributed by atoms with Crippen molar-refractivity contribution in [3.63, 3.8) is 0 Å². The van der Waals surface area contributed by atoms with E-state index in [0.29, 0.717) is 32.6 Å². The van der Waals surface area contributed by atoms with Crippen LogP contribution < -0.4 is 11.2 Å². The van der Waals surface area contributed by atoms with Crippen LogP contribution in [-0.2, 0) is 0 Å². The molecule has 5 heteroatoms. The molecule has 0 aliphatic heterocycles. The van der Waals surface area contributed by atoms with Gasteiger partial charge in [-0.15, -0.1) is 0 Å². The summed E-state index contributed by atoms with van der Waals surface area (Å²) in [6, 6.07) is 12.4. The molecule has 0 aliphatic rings. The smallest absolute Gasteiger partial charge is 0.345 e. The van der Waals surface area contributed by atoms with Gasteiger partial charge in [0.15, 0.2) is 0 Å². The topological polar surface area (TPSA) is 63.1 Å². The molecule has 0 spiro atoms. The van der Waals surface area contributed by atoms with Crippen molar-refractivity contribution in [2.75, 3.05) is 0 Å². The van der Waals surface area contributed by atoms with Crippen molar-refractivity contribution in [2.45, 2.75) is 0 Å². The van der Waals surface area contributed by atoms with E-state index in [1.54, 1.807) is 30.3 Å². The molecule has 2 aromatic heterocycles. The van der Waals surface area contributed by atoms with Crippen LogP contribution in [0.4, 0.5) is 0 Å². The fraction of sp³-hybridized carbons (Fsp3) is 0. The molecular weight excluding hydrogens is 334 g/mol. The van der Waals surface area contributed by atoms with Crippen LogP contribution in [-0.4, -0.2) is 4.98 Å². The number of aromatic amines is 1. The number of fused-ring (bicyclic) bond motifs is 5. The first-order chi connectivity index (χ1) is 10.1. The summed E-state index contributed by atoms with van der Waals surface area (Å²) in [5, 5.41) is 2.00. The van der Waals surface area contributed by atoms with Gasteiger partial charge in [-0.3, -0.25) is 4.79 Å². The molecule has 2 heterocycles. The quantitative estimate of drug-likeness (QED) is 0.393. The van der Waals surface area contributed by atoms with Crippen LogP contribution >= 0.6 is 15.9 Å². The molecule has 0 fully saturated rings. The standard InChI is InChI=1S/C16H8BrNO3/c17-8-5-6-9-11(7-8)18-15(19)13-10-3-1-2-4-12(10)21-16(20)14(9)13/h1-7H,(H,18,19). The number of rotatable bonds is 0. The minimum Gasteiger partial charge on any atom is -0.422 e. The zero-order chi connectivity index (χ0) is 14.6. The third-order valence-electron chi connectivity index (χ3n) is 3.54. The van der Waals surface area contributed by atoms with Gasteiger partial charge in [0.2, 0.25) is 0 Å². The Morgan fingerprint density at radius 1 is 0.952 bits per heavy atom. The van der Waals surface area contributed by atoms with Crippen LogP contribution in [0.1, 0.15) is 0 Å². The molecule has 1 N–H and O–H groups in total. The average molecular weight is 342 g/mol. The molecule has 2 aromatic carbocycles. The fourth-order valence-corrected chi connectivity index (χ4v) is 3.01. The van der Waals surface area contributed by atoms with Crippen LogP contribution in [0.25, 0.3) is 32.6 Å². The monoisotopic (exact) mass is 341 g/mol. The van der Waals surface area contributed by atoms with E-state index in [0.717, 1.165) is 4.47 Å². The van der Waals surface area contributed by atoms with Crippen LogP contribution in [0.5, 0.6) is 0 Å². The van der Waals surface area contributed by atoms with Gasteiger partial charge < -0.3 is 9.40 Å². The molecule has 0 saturated heterocycles. The van der Waals surface area contributed by atoms with Crippen molar-refractivity contribution in [3.05, 3.63) is 67.7 Å². The van der Waals surface area contributed by atoms with Gasteiger partial charge in [0, 0.05) is 15.2 Å². The van der Waals surface area contributed by atoms with E-state index in [1.807, 2.05) is 12.1 Å². The maximum absolute atomic E-state index is 12.4. The number of pyridine rings is 1. The van der Waals surface area contributed by atoms with E-state index in [1.165, 1.54) is 0 Å². The van der Waals surface area contributed by atoms with E-state index < -0.39 is 5.63 Å². The summed E-state index contributed by atoms with van der Waals surface area (Å²) < 4.78 is 6.18. The largest absolute Gasteiger partial charge is 0.422 e. The first-order valence-corrected chi connectivity index (χ1v) is 7.11. The van der Waals surface area contributed by atoms with Gasteiger partial charge in [-0.2, -0.15) is 0 Å². The van der Waals surface area contributed by atoms with E-state index in [9.17, 15) is 9.59 Å². The van der Waals surface area contributed by atoms with Gasteiger partial charge in [-0.25, -0.2) is 4.79 Å². The summed E-state index contributed by atoms with van der Waals surface area (Å²) in [7, 11) is 0. The number of hydrogen-bond donors (Lipinski definition) is 1. The molecular formula is C16H8BrNO3. The summed E-state index contributed by atoms with van der Waals surface area (Å²) in [4.78, 5) is 27.6. The highest BCUT2D eigenvalue weighted by atomic mass is 79.9. The highest BCUT2D eigenvalue weighted by molar-refractivity contribution is 9.10. The highest BCUT2D eigenvalue weighted by Crippen LogP contribution is 2.26. The molecule has 0 aliphatic carbocycles. The Kier molecular flexibility index (Phi) is 2.53. The van der Waals surface area contributed by atoms with Gasteiger partial charge in [-0.1, -0.05) is 40.2 Å². The van der Waals surface area contributed by atoms with Crippen molar-refractivity contribution in [2.24, 2.45) is 0 Å². The second-order valence-electron chi connectivity index (χ2n) is 4.78. The van der Waals surface area contributed by atoms with E-state index in [-0.39, 0.29) is 5.56 Å². The maximum atomic E-state index is 12.4. The van der Waals surface area contributed by atoms with Gasteiger partial charge in [-0.05, 0) is 18.2 Å². The molecule has 0 radical (unpaired) electrons. The Balaban J connectivity index is 2.43. The number of para-hydroxylation sites is 1. The highest BCUT2D eigenvalue weighted by Gasteiger charge is 2.14. The van der Waals surface area contributed by atoms with Crippen LogP contribution in [0.2, 0.25) is 0 Å². The van der Waals surface area contributed by atoms with Gasteiger partial charge in [0.25, 0.3) is 5.56 Å². The van der Waals surface area contributed by atoms with Gasteiger partial charge in [0.05, 0.1) is 16.3 Å². The lowest BCUT2D eigenvalue weighted by Gasteiger charge is -2.05. The van der Waals surface area contributed by atoms with Crippen molar-refractivity contribution in [1.29, 1.82) is 0 Å². The number of halogens is 1. The van der Waals surface area contributed by atoms with E-state index in [2.05, 4.69) is 20.9 Å². The Bertz CT molecular complexity index is 1140. The SMILES string of the molecule is O=c1oc2ccccc2c2c(=O)[nH]c3cc(Br)ccc3c12. The number of nitrogens with one attached hydrogen (secondary N) is 1. The van der Waals surface area contributed by atoms with Crippen molar-refractivity contribution >= 4 is 48.6 Å². The lowest BCUT2D eigenvalue weighted by atomic mass is 10.1. The normalized spacial score (nSPS) is 11.5.